The Morgan fingerprint density at radius 3 is 2.62 bits per heavy atom. The van der Waals surface area contributed by atoms with Gasteiger partial charge >= 0.3 is 6.18 Å². The molecule has 0 amide bonds. The van der Waals surface area contributed by atoms with Crippen molar-refractivity contribution in [2.75, 3.05) is 19.3 Å². The molecule has 1 aromatic carbocycles. The number of aliphatic hydroxyl groups is 1. The van der Waals surface area contributed by atoms with Crippen molar-refractivity contribution in [2.24, 2.45) is 0 Å². The molecule has 0 aliphatic heterocycles. The van der Waals surface area contributed by atoms with E-state index >= 15 is 0 Å². The second kappa shape index (κ2) is 7.91. The largest absolute Gasteiger partial charge is 0.416 e. The predicted molar refractivity (Wildman–Crippen MR) is 77.4 cm³/mol. The lowest BCUT2D eigenvalue weighted by atomic mass is 10.1. The minimum absolute atomic E-state index is 0.0446. The van der Waals surface area contributed by atoms with Crippen molar-refractivity contribution in [2.45, 2.75) is 30.9 Å². The third-order valence-corrected chi connectivity index (χ3v) is 4.60. The molecule has 0 radical (unpaired) electrons. The molecule has 0 spiro atoms. The molecule has 7 heteroatoms. The van der Waals surface area contributed by atoms with Crippen molar-refractivity contribution in [1.29, 1.82) is 0 Å². The van der Waals surface area contributed by atoms with Gasteiger partial charge in [-0.25, -0.2) is 0 Å². The number of halogens is 3. The molecule has 3 unspecified atom stereocenters. The van der Waals surface area contributed by atoms with Gasteiger partial charge in [-0.1, -0.05) is 19.1 Å². The Hall–Kier alpha value is -0.920. The fourth-order valence-electron chi connectivity index (χ4n) is 1.75. The van der Waals surface area contributed by atoms with Gasteiger partial charge in [0.2, 0.25) is 0 Å². The second-order valence-corrected chi connectivity index (χ2v) is 6.74. The maximum atomic E-state index is 12.6. The number of benzene rings is 1. The zero-order valence-electron chi connectivity index (χ0n) is 12.0. The van der Waals surface area contributed by atoms with Gasteiger partial charge in [-0.05, 0) is 30.7 Å². The Labute approximate surface area is 125 Å². The number of hydrogen-bond donors (Lipinski definition) is 2. The summed E-state index contributed by atoms with van der Waals surface area (Å²) >= 11 is 0. The van der Waals surface area contributed by atoms with Gasteiger partial charge in [-0.2, -0.15) is 13.2 Å². The van der Waals surface area contributed by atoms with Gasteiger partial charge in [0, 0.05) is 28.9 Å². The van der Waals surface area contributed by atoms with Gasteiger partial charge < -0.3 is 10.4 Å². The first-order valence-corrected chi connectivity index (χ1v) is 8.22. The van der Waals surface area contributed by atoms with Crippen molar-refractivity contribution < 1.29 is 22.5 Å². The highest BCUT2D eigenvalue weighted by Crippen LogP contribution is 2.30. The maximum absolute atomic E-state index is 12.6. The van der Waals surface area contributed by atoms with E-state index in [4.69, 9.17) is 0 Å². The smallest absolute Gasteiger partial charge is 0.387 e. The summed E-state index contributed by atoms with van der Waals surface area (Å²) in [6.45, 7) is 2.57. The second-order valence-electron chi connectivity index (χ2n) is 4.94. The van der Waals surface area contributed by atoms with Crippen LogP contribution in [0.15, 0.2) is 24.3 Å². The molecule has 120 valence electrons. The summed E-state index contributed by atoms with van der Waals surface area (Å²) in [6, 6.07) is 4.67. The molecule has 0 bridgehead atoms. The number of hydrogen-bond acceptors (Lipinski definition) is 3. The third-order valence-electron chi connectivity index (χ3n) is 3.23. The highest BCUT2D eigenvalue weighted by atomic mass is 32.2. The molecule has 0 aromatic heterocycles. The molecule has 3 nitrogen and oxygen atoms in total. The molecule has 2 N–H and O–H groups in total. The van der Waals surface area contributed by atoms with Gasteiger partial charge in [0.25, 0.3) is 0 Å². The summed E-state index contributed by atoms with van der Waals surface area (Å²) in [4.78, 5) is 0. The molecular weight excluding hydrogens is 303 g/mol. The van der Waals surface area contributed by atoms with Crippen LogP contribution in [0, 0.1) is 0 Å². The summed E-state index contributed by atoms with van der Waals surface area (Å²) in [5.74, 6) is 0. The Kier molecular flexibility index (Phi) is 6.83. The third kappa shape index (κ3) is 6.15. The lowest BCUT2D eigenvalue weighted by Crippen LogP contribution is -2.25. The first-order valence-electron chi connectivity index (χ1n) is 6.60. The number of rotatable bonds is 7. The van der Waals surface area contributed by atoms with E-state index in [1.165, 1.54) is 12.1 Å². The van der Waals surface area contributed by atoms with Crippen molar-refractivity contribution >= 4 is 10.8 Å². The first kappa shape index (κ1) is 18.1. The summed E-state index contributed by atoms with van der Waals surface area (Å²) in [7, 11) is -0.901. The molecule has 0 saturated carbocycles. The standard InChI is InChI=1S/C14H20F3NO2S/c1-10(21(2)20)6-7-18-9-13(19)11-4-3-5-12(8-11)14(15,16)17/h3-5,8,10,13,18-19H,6-7,9H2,1-2H3. The van der Waals surface area contributed by atoms with Crippen LogP contribution in [0.25, 0.3) is 0 Å². The average molecular weight is 323 g/mol. The van der Waals surface area contributed by atoms with E-state index in [0.717, 1.165) is 12.1 Å². The number of alkyl halides is 3. The van der Waals surface area contributed by atoms with Crippen LogP contribution in [0.5, 0.6) is 0 Å². The van der Waals surface area contributed by atoms with Crippen molar-refractivity contribution in [3.63, 3.8) is 0 Å². The number of nitrogens with one attached hydrogen (secondary N) is 1. The quantitative estimate of drug-likeness (QED) is 0.758. The fourth-order valence-corrected chi connectivity index (χ4v) is 2.20. The molecule has 1 aromatic rings. The highest BCUT2D eigenvalue weighted by molar-refractivity contribution is 7.84. The van der Waals surface area contributed by atoms with E-state index in [1.807, 2.05) is 6.92 Å². The van der Waals surface area contributed by atoms with Crippen LogP contribution in [0.3, 0.4) is 0 Å². The normalized spacial score (nSPS) is 16.5. The summed E-state index contributed by atoms with van der Waals surface area (Å²) < 4.78 is 48.9. The van der Waals surface area contributed by atoms with E-state index in [9.17, 15) is 22.5 Å². The molecule has 0 heterocycles. The van der Waals surface area contributed by atoms with Crippen molar-refractivity contribution in [3.8, 4) is 0 Å². The van der Waals surface area contributed by atoms with Gasteiger partial charge in [0.05, 0.1) is 11.7 Å². The minimum atomic E-state index is -4.41. The van der Waals surface area contributed by atoms with Crippen LogP contribution < -0.4 is 5.32 Å². The monoisotopic (exact) mass is 323 g/mol. The summed E-state index contributed by atoms with van der Waals surface area (Å²) in [5.41, 5.74) is -0.543. The zero-order chi connectivity index (χ0) is 16.0. The molecule has 0 saturated heterocycles. The van der Waals surface area contributed by atoms with E-state index in [-0.39, 0.29) is 17.4 Å². The molecule has 21 heavy (non-hydrogen) atoms. The molecule has 0 aliphatic carbocycles. The Bertz CT molecular complexity index is 480. The van der Waals surface area contributed by atoms with Gasteiger partial charge in [0.15, 0.2) is 0 Å². The number of aliphatic hydroxyl groups excluding tert-OH is 1. The highest BCUT2D eigenvalue weighted by Gasteiger charge is 2.30. The van der Waals surface area contributed by atoms with Crippen LogP contribution in [-0.2, 0) is 17.0 Å². The van der Waals surface area contributed by atoms with E-state index in [2.05, 4.69) is 5.32 Å². The van der Waals surface area contributed by atoms with Gasteiger partial charge in [0.1, 0.15) is 0 Å². The molecule has 1 rings (SSSR count). The molecule has 3 atom stereocenters. The molecule has 0 aliphatic rings. The lowest BCUT2D eigenvalue weighted by molar-refractivity contribution is -0.137. The summed E-state index contributed by atoms with van der Waals surface area (Å²) in [5, 5.41) is 12.9. The Morgan fingerprint density at radius 2 is 2.05 bits per heavy atom. The van der Waals surface area contributed by atoms with Gasteiger partial charge in [-0.3, -0.25) is 4.21 Å². The average Bonchev–Trinajstić information content (AvgIpc) is 2.42. The molecular formula is C14H20F3NO2S. The van der Waals surface area contributed by atoms with Crippen LogP contribution in [0.2, 0.25) is 0 Å². The fraction of sp³-hybridized carbons (Fsp3) is 0.571. The SMILES string of the molecule is CC(CCNCC(O)c1cccc(C(F)(F)F)c1)S(C)=O. The van der Waals surface area contributed by atoms with Crippen LogP contribution in [0.1, 0.15) is 30.6 Å². The van der Waals surface area contributed by atoms with E-state index in [0.29, 0.717) is 13.0 Å². The van der Waals surface area contributed by atoms with Crippen molar-refractivity contribution in [3.05, 3.63) is 35.4 Å². The van der Waals surface area contributed by atoms with Crippen LogP contribution in [0.4, 0.5) is 13.2 Å². The van der Waals surface area contributed by atoms with Crippen LogP contribution >= 0.6 is 0 Å². The topological polar surface area (TPSA) is 49.3 Å². The van der Waals surface area contributed by atoms with Gasteiger partial charge in [-0.15, -0.1) is 0 Å². The summed E-state index contributed by atoms with van der Waals surface area (Å²) in [6.07, 6.45) is -3.11. The van der Waals surface area contributed by atoms with Crippen molar-refractivity contribution in [1.82, 2.24) is 5.32 Å². The Balaban J connectivity index is 2.49. The lowest BCUT2D eigenvalue weighted by Gasteiger charge is -2.15. The predicted octanol–water partition coefficient (Wildman–Crippen LogP) is 2.49. The van der Waals surface area contributed by atoms with E-state index in [1.54, 1.807) is 6.26 Å². The minimum Gasteiger partial charge on any atom is -0.387 e. The Morgan fingerprint density at radius 1 is 1.38 bits per heavy atom. The van der Waals surface area contributed by atoms with Crippen LogP contribution in [-0.4, -0.2) is 33.9 Å². The van der Waals surface area contributed by atoms with E-state index < -0.39 is 28.6 Å². The zero-order valence-corrected chi connectivity index (χ0v) is 12.8. The molecule has 0 fully saturated rings. The maximum Gasteiger partial charge on any atom is 0.416 e. The first-order chi connectivity index (χ1) is 9.71.